The summed E-state index contributed by atoms with van der Waals surface area (Å²) in [6.07, 6.45) is 0. The van der Waals surface area contributed by atoms with E-state index in [1.54, 1.807) is 6.07 Å². The molecule has 160 valence electrons. The number of nitrogens with one attached hydrogen (secondary N) is 3. The number of anilines is 3. The minimum absolute atomic E-state index is 0.165. The molecule has 0 aliphatic heterocycles. The van der Waals surface area contributed by atoms with Crippen LogP contribution < -0.4 is 21.7 Å². The van der Waals surface area contributed by atoms with Crippen molar-refractivity contribution < 1.29 is 13.9 Å². The van der Waals surface area contributed by atoms with Crippen molar-refractivity contribution in [2.75, 3.05) is 55.5 Å². The molecule has 1 aromatic carbocycles. The molecule has 5 N–H and O–H groups in total. The van der Waals surface area contributed by atoms with Crippen LogP contribution >= 0.6 is 0 Å². The summed E-state index contributed by atoms with van der Waals surface area (Å²) in [4.78, 5) is 13.1. The Morgan fingerprint density at radius 3 is 2.34 bits per heavy atom. The van der Waals surface area contributed by atoms with E-state index in [0.717, 1.165) is 5.56 Å². The Labute approximate surface area is 170 Å². The summed E-state index contributed by atoms with van der Waals surface area (Å²) in [5.41, 5.74) is 6.14. The Kier molecular flexibility index (Phi) is 10.0. The summed E-state index contributed by atoms with van der Waals surface area (Å²) in [5, 5.41) is 9.39. The van der Waals surface area contributed by atoms with E-state index in [0.29, 0.717) is 63.9 Å². The Bertz CT molecular complexity index is 733. The molecule has 1 heterocycles. The number of rotatable bonds is 14. The molecule has 0 saturated heterocycles. The molecular weight excluding hydrogens is 377 g/mol. The number of aromatic nitrogens is 3. The molecule has 2 rings (SSSR count). The molecule has 0 unspecified atom stereocenters. The highest BCUT2D eigenvalue weighted by Crippen LogP contribution is 2.12. The van der Waals surface area contributed by atoms with Crippen molar-refractivity contribution >= 4 is 17.8 Å². The molecule has 0 radical (unpaired) electrons. The topological polar surface area (TPSA) is 119 Å². The maximum Gasteiger partial charge on any atom is 0.229 e. The molecule has 0 saturated carbocycles. The summed E-state index contributed by atoms with van der Waals surface area (Å²) in [7, 11) is 0. The smallest absolute Gasteiger partial charge is 0.229 e. The van der Waals surface area contributed by atoms with Gasteiger partial charge in [0, 0.05) is 25.7 Å². The molecule has 0 aliphatic rings. The number of hydrogen-bond donors (Lipinski definition) is 4. The number of benzene rings is 1. The van der Waals surface area contributed by atoms with Crippen molar-refractivity contribution in [3.8, 4) is 0 Å². The first-order valence-corrected chi connectivity index (χ1v) is 9.67. The van der Waals surface area contributed by atoms with Gasteiger partial charge in [0.05, 0.1) is 26.4 Å². The lowest BCUT2D eigenvalue weighted by Gasteiger charge is -2.13. The van der Waals surface area contributed by atoms with Crippen LogP contribution in [0.25, 0.3) is 0 Å². The second kappa shape index (κ2) is 12.8. The monoisotopic (exact) mass is 407 g/mol. The number of nitrogens with two attached hydrogens (primary N) is 1. The van der Waals surface area contributed by atoms with Gasteiger partial charge in [0.2, 0.25) is 17.8 Å². The van der Waals surface area contributed by atoms with E-state index in [4.69, 9.17) is 15.2 Å². The summed E-state index contributed by atoms with van der Waals surface area (Å²) < 4.78 is 24.1. The highest BCUT2D eigenvalue weighted by atomic mass is 19.1. The Morgan fingerprint density at radius 1 is 0.966 bits per heavy atom. The predicted octanol–water partition coefficient (Wildman–Crippen LogP) is 1.85. The number of halogens is 1. The summed E-state index contributed by atoms with van der Waals surface area (Å²) >= 11 is 0. The standard InChI is InChI=1S/C19H30FN7O2/c1-14(2)24-19-26-17(22-7-9-29-11-10-28-8-6-21)25-18(27-19)23-13-15-4-3-5-16(20)12-15/h3-5,12,14H,6-11,13,21H2,1-2H3,(H3,22,23,24,25,26,27). The molecular formula is C19H30FN7O2. The van der Waals surface area contributed by atoms with Gasteiger partial charge in [-0.25, -0.2) is 4.39 Å². The SMILES string of the molecule is CC(C)Nc1nc(NCCOCCOCCN)nc(NCc2cccc(F)c2)n1. The molecule has 0 spiro atoms. The summed E-state index contributed by atoms with van der Waals surface area (Å²) in [6.45, 7) is 7.46. The van der Waals surface area contributed by atoms with E-state index < -0.39 is 0 Å². The highest BCUT2D eigenvalue weighted by Gasteiger charge is 2.08. The second-order valence-corrected chi connectivity index (χ2v) is 6.53. The van der Waals surface area contributed by atoms with E-state index in [-0.39, 0.29) is 11.9 Å². The van der Waals surface area contributed by atoms with Gasteiger partial charge >= 0.3 is 0 Å². The largest absolute Gasteiger partial charge is 0.378 e. The lowest BCUT2D eigenvalue weighted by Crippen LogP contribution is -2.18. The quantitative estimate of drug-likeness (QED) is 0.348. The third kappa shape index (κ3) is 9.46. The zero-order chi connectivity index (χ0) is 20.9. The fraction of sp³-hybridized carbons (Fsp3) is 0.526. The van der Waals surface area contributed by atoms with Gasteiger partial charge in [-0.15, -0.1) is 0 Å². The van der Waals surface area contributed by atoms with Crippen LogP contribution in [-0.4, -0.2) is 60.5 Å². The lowest BCUT2D eigenvalue weighted by molar-refractivity contribution is 0.0547. The number of hydrogen-bond acceptors (Lipinski definition) is 9. The molecule has 0 amide bonds. The van der Waals surface area contributed by atoms with Gasteiger partial charge in [-0.05, 0) is 31.5 Å². The molecule has 2 aromatic rings. The maximum absolute atomic E-state index is 13.3. The van der Waals surface area contributed by atoms with Gasteiger partial charge < -0.3 is 31.2 Å². The van der Waals surface area contributed by atoms with Crippen LogP contribution in [0.4, 0.5) is 22.2 Å². The van der Waals surface area contributed by atoms with Crippen LogP contribution in [0.2, 0.25) is 0 Å². The van der Waals surface area contributed by atoms with Crippen molar-refractivity contribution in [1.29, 1.82) is 0 Å². The first-order chi connectivity index (χ1) is 14.1. The summed E-state index contributed by atoms with van der Waals surface area (Å²) in [5.74, 6) is 0.993. The average molecular weight is 407 g/mol. The fourth-order valence-electron chi connectivity index (χ4n) is 2.33. The van der Waals surface area contributed by atoms with Gasteiger partial charge in [0.15, 0.2) is 0 Å². The van der Waals surface area contributed by atoms with Crippen LogP contribution in [0, 0.1) is 5.82 Å². The molecule has 1 aromatic heterocycles. The van der Waals surface area contributed by atoms with E-state index in [2.05, 4.69) is 30.9 Å². The van der Waals surface area contributed by atoms with Crippen molar-refractivity contribution in [2.24, 2.45) is 5.73 Å². The van der Waals surface area contributed by atoms with Gasteiger partial charge in [0.25, 0.3) is 0 Å². The van der Waals surface area contributed by atoms with E-state index in [1.807, 2.05) is 19.9 Å². The Balaban J connectivity index is 1.88. The van der Waals surface area contributed by atoms with Gasteiger partial charge in [0.1, 0.15) is 5.82 Å². The minimum atomic E-state index is -0.280. The summed E-state index contributed by atoms with van der Waals surface area (Å²) in [6, 6.07) is 6.54. The Hall–Kier alpha value is -2.56. The van der Waals surface area contributed by atoms with E-state index >= 15 is 0 Å². The molecule has 0 atom stereocenters. The fourth-order valence-corrected chi connectivity index (χ4v) is 2.33. The van der Waals surface area contributed by atoms with Gasteiger partial charge in [-0.2, -0.15) is 15.0 Å². The van der Waals surface area contributed by atoms with Crippen molar-refractivity contribution in [2.45, 2.75) is 26.4 Å². The first kappa shape index (κ1) is 22.7. The third-order valence-electron chi connectivity index (χ3n) is 3.56. The van der Waals surface area contributed by atoms with Crippen LogP contribution in [0.15, 0.2) is 24.3 Å². The van der Waals surface area contributed by atoms with Crippen molar-refractivity contribution in [3.63, 3.8) is 0 Å². The van der Waals surface area contributed by atoms with Crippen LogP contribution in [0.1, 0.15) is 19.4 Å². The van der Waals surface area contributed by atoms with Gasteiger partial charge in [-0.1, -0.05) is 12.1 Å². The molecule has 0 fully saturated rings. The second-order valence-electron chi connectivity index (χ2n) is 6.53. The molecule has 29 heavy (non-hydrogen) atoms. The molecule has 0 aliphatic carbocycles. The highest BCUT2D eigenvalue weighted by molar-refractivity contribution is 5.42. The first-order valence-electron chi connectivity index (χ1n) is 9.67. The predicted molar refractivity (Wildman–Crippen MR) is 111 cm³/mol. The van der Waals surface area contributed by atoms with Crippen molar-refractivity contribution in [1.82, 2.24) is 15.0 Å². The van der Waals surface area contributed by atoms with Crippen LogP contribution in [-0.2, 0) is 16.0 Å². The zero-order valence-corrected chi connectivity index (χ0v) is 16.9. The van der Waals surface area contributed by atoms with Crippen LogP contribution in [0.3, 0.4) is 0 Å². The molecule has 9 nitrogen and oxygen atoms in total. The Morgan fingerprint density at radius 2 is 1.66 bits per heavy atom. The average Bonchev–Trinajstić information content (AvgIpc) is 2.68. The minimum Gasteiger partial charge on any atom is -0.378 e. The number of nitrogens with zero attached hydrogens (tertiary/aromatic N) is 3. The van der Waals surface area contributed by atoms with E-state index in [1.165, 1.54) is 12.1 Å². The number of ether oxygens (including phenoxy) is 2. The van der Waals surface area contributed by atoms with E-state index in [9.17, 15) is 4.39 Å². The van der Waals surface area contributed by atoms with Crippen LogP contribution in [0.5, 0.6) is 0 Å². The lowest BCUT2D eigenvalue weighted by atomic mass is 10.2. The molecule has 10 heteroatoms. The maximum atomic E-state index is 13.3. The van der Waals surface area contributed by atoms with Crippen molar-refractivity contribution in [3.05, 3.63) is 35.6 Å². The zero-order valence-electron chi connectivity index (χ0n) is 16.9. The third-order valence-corrected chi connectivity index (χ3v) is 3.56. The van der Waals surface area contributed by atoms with Gasteiger partial charge in [-0.3, -0.25) is 0 Å². The normalized spacial score (nSPS) is 10.9. The molecule has 0 bridgehead atoms.